The van der Waals surface area contributed by atoms with E-state index >= 15 is 0 Å². The number of H-pyrrole nitrogens is 1. The second kappa shape index (κ2) is 9.01. The number of amides is 1. The molecule has 2 atom stereocenters. The first-order chi connectivity index (χ1) is 14.9. The van der Waals surface area contributed by atoms with E-state index in [1.54, 1.807) is 26.2 Å². The van der Waals surface area contributed by atoms with Crippen molar-refractivity contribution in [2.75, 3.05) is 19.4 Å². The van der Waals surface area contributed by atoms with E-state index in [4.69, 9.17) is 23.9 Å². The lowest BCUT2D eigenvalue weighted by Gasteiger charge is -2.25. The molecule has 2 radical (unpaired) electrons. The molecule has 168 valence electrons. The van der Waals surface area contributed by atoms with Crippen LogP contribution in [0.3, 0.4) is 0 Å². The van der Waals surface area contributed by atoms with Crippen LogP contribution in [0.15, 0.2) is 33.7 Å². The third-order valence-electron chi connectivity index (χ3n) is 4.61. The first-order valence-electron chi connectivity index (χ1n) is 9.59. The Morgan fingerprint density at radius 1 is 1.38 bits per heavy atom. The summed E-state index contributed by atoms with van der Waals surface area (Å²) in [6.07, 6.45) is 0. The van der Waals surface area contributed by atoms with Crippen LogP contribution in [0.4, 0.5) is 11.5 Å². The van der Waals surface area contributed by atoms with Crippen LogP contribution in [-0.4, -0.2) is 51.2 Å². The Morgan fingerprint density at radius 2 is 2.06 bits per heavy atom. The van der Waals surface area contributed by atoms with E-state index in [1.807, 2.05) is 20.8 Å². The van der Waals surface area contributed by atoms with E-state index in [0.717, 1.165) is 0 Å². The zero-order valence-electron chi connectivity index (χ0n) is 18.3. The highest BCUT2D eigenvalue weighted by molar-refractivity contribution is 7.13. The maximum atomic E-state index is 12.4. The van der Waals surface area contributed by atoms with Crippen LogP contribution in [0, 0.1) is 5.41 Å². The average Bonchev–Trinajstić information content (AvgIpc) is 3.26. The summed E-state index contributed by atoms with van der Waals surface area (Å²) in [5.41, 5.74) is 0.0548. The quantitative estimate of drug-likeness (QED) is 0.295. The van der Waals surface area contributed by atoms with Crippen molar-refractivity contribution in [1.82, 2.24) is 13.6 Å². The number of benzene rings is 1. The normalized spacial score (nSPS) is 13.8. The van der Waals surface area contributed by atoms with Gasteiger partial charge in [0.2, 0.25) is 11.3 Å². The molecule has 1 unspecified atom stereocenters. The molecule has 0 fully saturated rings. The van der Waals surface area contributed by atoms with Crippen molar-refractivity contribution in [3.8, 4) is 5.75 Å². The van der Waals surface area contributed by atoms with Crippen LogP contribution >= 0.6 is 22.7 Å². The first-order valence-corrected chi connectivity index (χ1v) is 11.1. The largest absolute Gasteiger partial charge is 0.548 e. The number of hydrogen-bond acceptors (Lipinski definition) is 7. The average molecular weight is 476 g/mol. The second-order valence-corrected chi connectivity index (χ2v) is 9.69. The highest BCUT2D eigenvalue weighted by atomic mass is 35.5. The molecular formula is C20H23BClN5O4S. The van der Waals surface area contributed by atoms with Crippen LogP contribution in [0.2, 0.25) is 5.22 Å². The fourth-order valence-electron chi connectivity index (χ4n) is 3.02. The summed E-state index contributed by atoms with van der Waals surface area (Å²) in [5, 5.41) is 13.8. The van der Waals surface area contributed by atoms with Gasteiger partial charge in [-0.05, 0) is 35.2 Å². The Balaban J connectivity index is 2.08. The predicted octanol–water partition coefficient (Wildman–Crippen LogP) is 3.02. The van der Waals surface area contributed by atoms with Gasteiger partial charge in [-0.1, -0.05) is 32.3 Å². The first kappa shape index (κ1) is 23.9. The van der Waals surface area contributed by atoms with Gasteiger partial charge in [-0.3, -0.25) is 4.79 Å². The molecule has 0 saturated heterocycles. The van der Waals surface area contributed by atoms with Crippen molar-refractivity contribution in [2.45, 2.75) is 26.8 Å². The zero-order chi connectivity index (χ0) is 23.8. The Bertz CT molecular complexity index is 1210. The molecular weight excluding hydrogens is 453 g/mol. The third-order valence-corrected chi connectivity index (χ3v) is 5.53. The van der Waals surface area contributed by atoms with Crippen molar-refractivity contribution < 1.29 is 18.9 Å². The lowest BCUT2D eigenvalue weighted by molar-refractivity contribution is 0.0826. The number of halogens is 1. The molecule has 3 N–H and O–H groups in total. The number of carbonyl (C=O) groups excluding carboxylic acids is 1. The molecule has 0 spiro atoms. The summed E-state index contributed by atoms with van der Waals surface area (Å²) in [4.78, 5) is 18.4. The Morgan fingerprint density at radius 3 is 2.62 bits per heavy atom. The maximum Gasteiger partial charge on any atom is 0.256 e. The molecule has 0 bridgehead atoms. The van der Waals surface area contributed by atoms with Crippen molar-refractivity contribution in [2.24, 2.45) is 10.4 Å². The fourth-order valence-corrected chi connectivity index (χ4v) is 3.83. The second-order valence-electron chi connectivity index (χ2n) is 8.43. The highest BCUT2D eigenvalue weighted by Gasteiger charge is 2.30. The van der Waals surface area contributed by atoms with Crippen LogP contribution < -0.4 is 16.3 Å². The van der Waals surface area contributed by atoms with Gasteiger partial charge in [0.25, 0.3) is 5.91 Å². The summed E-state index contributed by atoms with van der Waals surface area (Å²) < 4.78 is 24.4. The molecule has 3 rings (SSSR count). The minimum atomic E-state index is -1.78. The van der Waals surface area contributed by atoms with Gasteiger partial charge >= 0.3 is 0 Å². The standard InChI is InChI=1S/C20H23BClN5O4S/c1-20(2,3)16(12-8-9-13(22)31-12)24-18-17(25-32(30)26-18)23-11-7-6-10(21)14(15(11)28)19(29)27(4)5/h6-9,16,28H,1-5H3,(H,23,25)(H,24,26)/t16-,32?/m0/s1. The van der Waals surface area contributed by atoms with Crippen molar-refractivity contribution in [3.05, 3.63) is 46.3 Å². The van der Waals surface area contributed by atoms with Gasteiger partial charge in [0.05, 0.1) is 11.3 Å². The SMILES string of the molecule is [B]c1ccc(Nc2n[s+]([O-])[nH]c2=N[C@@H](c2ccc(Cl)o2)C(C)(C)C)c(O)c1C(=O)N(C)C. The van der Waals surface area contributed by atoms with E-state index in [1.165, 1.54) is 17.0 Å². The molecule has 0 aliphatic carbocycles. The van der Waals surface area contributed by atoms with Crippen LogP contribution in [0.25, 0.3) is 0 Å². The number of carbonyl (C=O) groups is 1. The van der Waals surface area contributed by atoms with Crippen LogP contribution in [0.1, 0.15) is 42.9 Å². The summed E-state index contributed by atoms with van der Waals surface area (Å²) in [6.45, 7) is 5.91. The van der Waals surface area contributed by atoms with E-state index in [0.29, 0.717) is 5.76 Å². The van der Waals surface area contributed by atoms with Crippen molar-refractivity contribution in [3.63, 3.8) is 0 Å². The van der Waals surface area contributed by atoms with Crippen molar-refractivity contribution >= 4 is 53.5 Å². The smallest absolute Gasteiger partial charge is 0.256 e. The molecule has 0 aliphatic rings. The lowest BCUT2D eigenvalue weighted by Crippen LogP contribution is -2.28. The molecule has 9 nitrogen and oxygen atoms in total. The minimum Gasteiger partial charge on any atom is -0.548 e. The zero-order valence-corrected chi connectivity index (χ0v) is 19.8. The number of phenols is 1. The maximum absolute atomic E-state index is 12.4. The van der Waals surface area contributed by atoms with Gasteiger partial charge in [-0.15, -0.1) is 4.37 Å². The number of phenolic OH excluding ortho intramolecular Hbond substituents is 1. The molecule has 12 heteroatoms. The number of aromatic amines is 1. The van der Waals surface area contributed by atoms with Gasteiger partial charge in [-0.2, -0.15) is 0 Å². The number of aromatic nitrogens is 2. The van der Waals surface area contributed by atoms with E-state index in [2.05, 4.69) is 19.1 Å². The third kappa shape index (κ3) is 5.00. The number of hydrogen-bond donors (Lipinski definition) is 3. The lowest BCUT2D eigenvalue weighted by atomic mass is 9.86. The Labute approximate surface area is 194 Å². The molecule has 2 aromatic heterocycles. The van der Waals surface area contributed by atoms with Gasteiger partial charge < -0.3 is 24.3 Å². The Kier molecular flexibility index (Phi) is 6.73. The number of furan rings is 1. The highest BCUT2D eigenvalue weighted by Crippen LogP contribution is 2.37. The number of rotatable bonds is 5. The molecule has 3 aromatic rings. The summed E-state index contributed by atoms with van der Waals surface area (Å²) in [5.74, 6) is -0.162. The number of aromatic hydroxyl groups is 1. The van der Waals surface area contributed by atoms with E-state index < -0.39 is 23.1 Å². The number of nitrogens with zero attached hydrogens (tertiary/aromatic N) is 3. The number of nitrogens with one attached hydrogen (secondary N) is 2. The minimum absolute atomic E-state index is 0.0519. The van der Waals surface area contributed by atoms with E-state index in [9.17, 15) is 14.5 Å². The molecule has 0 saturated carbocycles. The van der Waals surface area contributed by atoms with Gasteiger partial charge in [0.15, 0.2) is 22.1 Å². The van der Waals surface area contributed by atoms with Gasteiger partial charge in [0, 0.05) is 18.5 Å². The fraction of sp³-hybridized carbons (Fsp3) is 0.350. The topological polar surface area (TPSA) is 130 Å². The molecule has 1 amide bonds. The summed E-state index contributed by atoms with van der Waals surface area (Å²) in [6, 6.07) is 5.85. The van der Waals surface area contributed by atoms with Crippen LogP contribution in [0.5, 0.6) is 5.75 Å². The van der Waals surface area contributed by atoms with E-state index in [-0.39, 0.29) is 44.4 Å². The molecule has 0 aliphatic heterocycles. The monoisotopic (exact) mass is 475 g/mol. The summed E-state index contributed by atoms with van der Waals surface area (Å²) in [7, 11) is 8.99. The Hall–Kier alpha value is -2.76. The predicted molar refractivity (Wildman–Crippen MR) is 124 cm³/mol. The molecule has 2 heterocycles. The molecule has 1 aromatic carbocycles. The van der Waals surface area contributed by atoms with Crippen LogP contribution in [-0.2, 0) is 0 Å². The van der Waals surface area contributed by atoms with Crippen molar-refractivity contribution in [1.29, 1.82) is 0 Å². The van der Waals surface area contributed by atoms with Gasteiger partial charge in [-0.25, -0.2) is 4.99 Å². The van der Waals surface area contributed by atoms with Gasteiger partial charge in [0.1, 0.15) is 19.6 Å². The molecule has 32 heavy (non-hydrogen) atoms. The summed E-state index contributed by atoms with van der Waals surface area (Å²) >= 11 is 4.16. The number of anilines is 2.